The maximum absolute atomic E-state index is 11.7. The number of carbonyl (C=O) groups excluding carboxylic acids is 3. The van der Waals surface area contributed by atoms with Crippen molar-refractivity contribution in [3.8, 4) is 0 Å². The number of ketones is 1. The van der Waals surface area contributed by atoms with E-state index in [0.29, 0.717) is 10.5 Å². The van der Waals surface area contributed by atoms with E-state index in [9.17, 15) is 14.4 Å². The fourth-order valence-electron chi connectivity index (χ4n) is 1.15. The van der Waals surface area contributed by atoms with Crippen LogP contribution >= 0.6 is 11.8 Å². The average molecular weight is 267 g/mol. The minimum atomic E-state index is -0.711. The van der Waals surface area contributed by atoms with Gasteiger partial charge in [0.15, 0.2) is 6.61 Å². The van der Waals surface area contributed by atoms with E-state index in [-0.39, 0.29) is 11.5 Å². The van der Waals surface area contributed by atoms with Crippen molar-refractivity contribution in [2.45, 2.75) is 11.8 Å². The molecule has 18 heavy (non-hydrogen) atoms. The Hall–Kier alpha value is -1.82. The lowest BCUT2D eigenvalue weighted by Crippen LogP contribution is -2.21. The van der Waals surface area contributed by atoms with Crippen LogP contribution in [0.4, 0.5) is 0 Å². The lowest BCUT2D eigenvalue weighted by atomic mass is 10.2. The van der Waals surface area contributed by atoms with Gasteiger partial charge in [-0.2, -0.15) is 0 Å². The number of nitrogens with two attached hydrogens (primary N) is 1. The van der Waals surface area contributed by atoms with Crippen LogP contribution in [0.1, 0.15) is 17.3 Å². The maximum Gasteiger partial charge on any atom is 0.339 e. The molecule has 0 atom stereocenters. The molecule has 1 aromatic rings. The number of rotatable bonds is 6. The molecule has 0 spiro atoms. The molecule has 0 bridgehead atoms. The maximum atomic E-state index is 11.7. The van der Waals surface area contributed by atoms with Gasteiger partial charge in [-0.25, -0.2) is 4.79 Å². The van der Waals surface area contributed by atoms with Gasteiger partial charge in [0.2, 0.25) is 0 Å². The van der Waals surface area contributed by atoms with E-state index in [4.69, 9.17) is 10.5 Å². The fourth-order valence-corrected chi connectivity index (χ4v) is 2.00. The molecule has 0 fully saturated rings. The summed E-state index contributed by atoms with van der Waals surface area (Å²) in [6.07, 6.45) is 0. The van der Waals surface area contributed by atoms with E-state index in [1.807, 2.05) is 0 Å². The second-order valence-corrected chi connectivity index (χ2v) is 4.55. The lowest BCUT2D eigenvalue weighted by molar-refractivity contribution is -0.121. The van der Waals surface area contributed by atoms with Gasteiger partial charge in [0, 0.05) is 4.90 Å². The molecular formula is C12H13NO4S. The van der Waals surface area contributed by atoms with Crippen LogP contribution in [0, 0.1) is 0 Å². The molecule has 0 radical (unpaired) electrons. The Morgan fingerprint density at radius 2 is 1.94 bits per heavy atom. The summed E-state index contributed by atoms with van der Waals surface area (Å²) in [5, 5.41) is 0. The highest BCUT2D eigenvalue weighted by molar-refractivity contribution is 8.00. The third kappa shape index (κ3) is 4.58. The number of thioether (sulfide) groups is 1. The van der Waals surface area contributed by atoms with Gasteiger partial charge in [0.05, 0.1) is 11.3 Å². The predicted octanol–water partition coefficient (Wildman–Crippen LogP) is 1.01. The largest absolute Gasteiger partial charge is 0.452 e. The molecule has 6 heteroatoms. The van der Waals surface area contributed by atoms with E-state index >= 15 is 0 Å². The molecule has 0 heterocycles. The second-order valence-electron chi connectivity index (χ2n) is 3.53. The van der Waals surface area contributed by atoms with Gasteiger partial charge in [-0.15, -0.1) is 11.8 Å². The molecule has 1 aromatic carbocycles. The Labute approximate surface area is 109 Å². The van der Waals surface area contributed by atoms with Gasteiger partial charge >= 0.3 is 5.97 Å². The fraction of sp³-hybridized carbons (Fsp3) is 0.250. The summed E-state index contributed by atoms with van der Waals surface area (Å²) in [6.45, 7) is 1.02. The molecule has 0 aliphatic carbocycles. The molecule has 0 unspecified atom stereocenters. The molecule has 1 amide bonds. The van der Waals surface area contributed by atoms with Crippen LogP contribution in [-0.4, -0.2) is 30.0 Å². The topological polar surface area (TPSA) is 86.5 Å². The number of carbonyl (C=O) groups is 3. The number of hydrogen-bond acceptors (Lipinski definition) is 5. The van der Waals surface area contributed by atoms with Crippen LogP contribution in [0.15, 0.2) is 29.2 Å². The zero-order valence-electron chi connectivity index (χ0n) is 9.84. The SMILES string of the molecule is CC(=O)CSc1ccccc1C(=O)OCC(N)=O. The Morgan fingerprint density at radius 3 is 2.56 bits per heavy atom. The molecular weight excluding hydrogens is 254 g/mol. The molecule has 0 aromatic heterocycles. The van der Waals surface area contributed by atoms with Crippen molar-refractivity contribution >= 4 is 29.4 Å². The first-order valence-corrected chi connectivity index (χ1v) is 6.16. The number of primary amides is 1. The summed E-state index contributed by atoms with van der Waals surface area (Å²) in [5.74, 6) is -1.04. The first-order valence-electron chi connectivity index (χ1n) is 5.17. The van der Waals surface area contributed by atoms with Crippen molar-refractivity contribution in [2.75, 3.05) is 12.4 Å². The minimum absolute atomic E-state index is 0.0142. The van der Waals surface area contributed by atoms with Crippen molar-refractivity contribution in [2.24, 2.45) is 5.73 Å². The van der Waals surface area contributed by atoms with Gasteiger partial charge in [0.25, 0.3) is 5.91 Å². The van der Waals surface area contributed by atoms with Crippen LogP contribution in [-0.2, 0) is 14.3 Å². The number of benzene rings is 1. The summed E-state index contributed by atoms with van der Waals surface area (Å²) >= 11 is 1.25. The molecule has 0 saturated heterocycles. The highest BCUT2D eigenvalue weighted by Gasteiger charge is 2.13. The Kier molecular flexibility index (Phi) is 5.38. The van der Waals surface area contributed by atoms with E-state index in [1.54, 1.807) is 24.3 Å². The number of hydrogen-bond donors (Lipinski definition) is 1. The summed E-state index contributed by atoms with van der Waals surface area (Å²) in [4.78, 5) is 33.8. The van der Waals surface area contributed by atoms with Gasteiger partial charge in [-0.1, -0.05) is 12.1 Å². The van der Waals surface area contributed by atoms with Crippen molar-refractivity contribution in [1.29, 1.82) is 0 Å². The van der Waals surface area contributed by atoms with E-state index in [0.717, 1.165) is 0 Å². The van der Waals surface area contributed by atoms with Crippen molar-refractivity contribution in [3.63, 3.8) is 0 Å². The van der Waals surface area contributed by atoms with E-state index in [2.05, 4.69) is 0 Å². The number of ether oxygens (including phenoxy) is 1. The summed E-state index contributed by atoms with van der Waals surface area (Å²) < 4.78 is 4.73. The van der Waals surface area contributed by atoms with Gasteiger partial charge in [0.1, 0.15) is 5.78 Å². The Morgan fingerprint density at radius 1 is 1.28 bits per heavy atom. The highest BCUT2D eigenvalue weighted by Crippen LogP contribution is 2.23. The summed E-state index contributed by atoms with van der Waals surface area (Å²) in [6, 6.07) is 6.73. The van der Waals surface area contributed by atoms with Gasteiger partial charge in [-0.3, -0.25) is 9.59 Å². The number of Topliss-reactive ketones (excluding diaryl/α,β-unsaturated/α-hetero) is 1. The third-order valence-electron chi connectivity index (χ3n) is 1.88. The van der Waals surface area contributed by atoms with Gasteiger partial charge in [-0.05, 0) is 19.1 Å². The van der Waals surface area contributed by atoms with Crippen molar-refractivity contribution in [3.05, 3.63) is 29.8 Å². The zero-order chi connectivity index (χ0) is 13.5. The normalized spacial score (nSPS) is 9.83. The molecule has 5 nitrogen and oxygen atoms in total. The molecule has 2 N–H and O–H groups in total. The Bertz CT molecular complexity index is 473. The molecule has 0 saturated carbocycles. The van der Waals surface area contributed by atoms with E-state index in [1.165, 1.54) is 18.7 Å². The van der Waals surface area contributed by atoms with Crippen LogP contribution in [0.2, 0.25) is 0 Å². The Balaban J connectivity index is 2.77. The van der Waals surface area contributed by atoms with Crippen molar-refractivity contribution in [1.82, 2.24) is 0 Å². The number of amides is 1. The van der Waals surface area contributed by atoms with Crippen molar-refractivity contribution < 1.29 is 19.1 Å². The molecule has 0 aliphatic rings. The third-order valence-corrected chi connectivity index (χ3v) is 3.10. The van der Waals surface area contributed by atoms with Crippen LogP contribution in [0.25, 0.3) is 0 Å². The molecule has 96 valence electrons. The average Bonchev–Trinajstić information content (AvgIpc) is 2.33. The predicted molar refractivity (Wildman–Crippen MR) is 67.3 cm³/mol. The first-order chi connectivity index (χ1) is 8.50. The van der Waals surface area contributed by atoms with Crippen LogP contribution in [0.5, 0.6) is 0 Å². The minimum Gasteiger partial charge on any atom is -0.452 e. The summed E-state index contributed by atoms with van der Waals surface area (Å²) in [5.41, 5.74) is 5.21. The first kappa shape index (κ1) is 14.2. The van der Waals surface area contributed by atoms with Crippen LogP contribution in [0.3, 0.4) is 0 Å². The van der Waals surface area contributed by atoms with E-state index < -0.39 is 18.5 Å². The van der Waals surface area contributed by atoms with Crippen LogP contribution < -0.4 is 5.73 Å². The smallest absolute Gasteiger partial charge is 0.339 e. The number of esters is 1. The monoisotopic (exact) mass is 267 g/mol. The molecule has 1 rings (SSSR count). The second kappa shape index (κ2) is 6.80. The lowest BCUT2D eigenvalue weighted by Gasteiger charge is -2.07. The highest BCUT2D eigenvalue weighted by atomic mass is 32.2. The quantitative estimate of drug-likeness (QED) is 0.614. The standard InChI is InChI=1S/C12H13NO4S/c1-8(14)7-18-10-5-3-2-4-9(10)12(16)17-6-11(13)15/h2-5H,6-7H2,1H3,(H2,13,15). The van der Waals surface area contributed by atoms with Gasteiger partial charge < -0.3 is 10.5 Å². The molecule has 0 aliphatic heterocycles. The summed E-state index contributed by atoms with van der Waals surface area (Å²) in [7, 11) is 0. The zero-order valence-corrected chi connectivity index (χ0v) is 10.7.